The summed E-state index contributed by atoms with van der Waals surface area (Å²) < 4.78 is 48.2. The van der Waals surface area contributed by atoms with E-state index in [-0.39, 0.29) is 18.8 Å². The number of carbonyl (C=O) groups is 1. The van der Waals surface area contributed by atoms with Crippen LogP contribution in [0.15, 0.2) is 42.5 Å². The van der Waals surface area contributed by atoms with Crippen LogP contribution < -0.4 is 28.6 Å². The first-order chi connectivity index (χ1) is 14.7. The van der Waals surface area contributed by atoms with Crippen LogP contribution in [-0.4, -0.2) is 60.1 Å². The third kappa shape index (κ3) is 5.13. The Morgan fingerprint density at radius 1 is 1.19 bits per heavy atom. The van der Waals surface area contributed by atoms with Gasteiger partial charge in [-0.15, -0.1) is 0 Å². The number of nitrogens with one attached hydrogen (secondary N) is 1. The van der Waals surface area contributed by atoms with Gasteiger partial charge in [0.05, 0.1) is 32.7 Å². The third-order valence-electron chi connectivity index (χ3n) is 4.78. The SMILES string of the molecule is COc1ccc(OC)c(N([C@H](C)C(=O)NC[C@H]2COc3ccccc3O2)S(C)(=O)=O)c1. The average molecular weight is 451 g/mol. The highest BCUT2D eigenvalue weighted by molar-refractivity contribution is 7.92. The van der Waals surface area contributed by atoms with Crippen LogP contribution >= 0.6 is 0 Å². The van der Waals surface area contributed by atoms with E-state index in [1.165, 1.54) is 27.2 Å². The van der Waals surface area contributed by atoms with Crippen molar-refractivity contribution in [3.8, 4) is 23.0 Å². The van der Waals surface area contributed by atoms with Gasteiger partial charge in [-0.1, -0.05) is 12.1 Å². The van der Waals surface area contributed by atoms with Crippen LogP contribution in [0.1, 0.15) is 6.92 Å². The minimum atomic E-state index is -3.82. The van der Waals surface area contributed by atoms with E-state index in [1.807, 2.05) is 12.1 Å². The summed E-state index contributed by atoms with van der Waals surface area (Å²) >= 11 is 0. The quantitative estimate of drug-likeness (QED) is 0.654. The molecular weight excluding hydrogens is 424 g/mol. The lowest BCUT2D eigenvalue weighted by Crippen LogP contribution is -2.50. The molecule has 10 heteroatoms. The molecule has 0 saturated heterocycles. The summed E-state index contributed by atoms with van der Waals surface area (Å²) in [7, 11) is -0.927. The summed E-state index contributed by atoms with van der Waals surface area (Å²) in [4.78, 5) is 12.9. The summed E-state index contributed by atoms with van der Waals surface area (Å²) in [5, 5.41) is 2.75. The summed E-state index contributed by atoms with van der Waals surface area (Å²) in [6.45, 7) is 1.93. The largest absolute Gasteiger partial charge is 0.497 e. The van der Waals surface area contributed by atoms with Gasteiger partial charge in [-0.2, -0.15) is 0 Å². The standard InChI is InChI=1S/C21H26N2O7S/c1-14(21(24)22-12-16-13-29-19-7-5-6-8-20(19)30-16)23(31(4,25)26)17-11-15(27-2)9-10-18(17)28-3/h5-11,14,16H,12-13H2,1-4H3,(H,22,24)/t14-,16+/m1/s1. The van der Waals surface area contributed by atoms with Crippen molar-refractivity contribution in [1.82, 2.24) is 5.32 Å². The Kier molecular flexibility index (Phi) is 6.79. The number of rotatable bonds is 8. The number of carbonyl (C=O) groups excluding carboxylic acids is 1. The molecule has 0 aliphatic carbocycles. The lowest BCUT2D eigenvalue weighted by atomic mass is 10.2. The van der Waals surface area contributed by atoms with E-state index < -0.39 is 28.1 Å². The monoisotopic (exact) mass is 450 g/mol. The van der Waals surface area contributed by atoms with Gasteiger partial charge in [0.1, 0.15) is 30.3 Å². The Morgan fingerprint density at radius 3 is 2.55 bits per heavy atom. The smallest absolute Gasteiger partial charge is 0.243 e. The first-order valence-electron chi connectivity index (χ1n) is 9.62. The average Bonchev–Trinajstić information content (AvgIpc) is 2.76. The number of benzene rings is 2. The molecule has 1 heterocycles. The number of hydrogen-bond acceptors (Lipinski definition) is 7. The second-order valence-electron chi connectivity index (χ2n) is 7.02. The van der Waals surface area contributed by atoms with E-state index in [4.69, 9.17) is 18.9 Å². The molecule has 31 heavy (non-hydrogen) atoms. The molecule has 9 nitrogen and oxygen atoms in total. The number of anilines is 1. The molecule has 1 aliphatic heterocycles. The Bertz CT molecular complexity index is 1040. The van der Waals surface area contributed by atoms with Crippen LogP contribution in [0.5, 0.6) is 23.0 Å². The zero-order valence-corrected chi connectivity index (χ0v) is 18.6. The molecule has 0 unspecified atom stereocenters. The van der Waals surface area contributed by atoms with E-state index in [9.17, 15) is 13.2 Å². The number of amides is 1. The molecule has 2 atom stereocenters. The Labute approximate surface area is 181 Å². The fourth-order valence-corrected chi connectivity index (χ4v) is 4.45. The summed E-state index contributed by atoms with van der Waals surface area (Å²) in [6.07, 6.45) is 0.633. The molecule has 0 saturated carbocycles. The van der Waals surface area contributed by atoms with Crippen molar-refractivity contribution >= 4 is 21.6 Å². The molecule has 168 valence electrons. The molecule has 0 spiro atoms. The topological polar surface area (TPSA) is 103 Å². The molecule has 0 bridgehead atoms. The van der Waals surface area contributed by atoms with Gasteiger partial charge in [0.2, 0.25) is 15.9 Å². The van der Waals surface area contributed by atoms with Gasteiger partial charge in [0, 0.05) is 6.07 Å². The van der Waals surface area contributed by atoms with E-state index in [0.29, 0.717) is 23.0 Å². The Balaban J connectivity index is 1.75. The van der Waals surface area contributed by atoms with Gasteiger partial charge in [-0.25, -0.2) is 8.42 Å². The van der Waals surface area contributed by atoms with E-state index >= 15 is 0 Å². The van der Waals surface area contributed by atoms with Crippen LogP contribution in [0, 0.1) is 0 Å². The maximum Gasteiger partial charge on any atom is 0.243 e. The van der Waals surface area contributed by atoms with E-state index in [0.717, 1.165) is 10.6 Å². The minimum absolute atomic E-state index is 0.157. The number of ether oxygens (including phenoxy) is 4. The summed E-state index contributed by atoms with van der Waals surface area (Å²) in [6, 6.07) is 11.0. The predicted molar refractivity (Wildman–Crippen MR) is 116 cm³/mol. The molecular formula is C21H26N2O7S. The van der Waals surface area contributed by atoms with Crippen molar-refractivity contribution in [1.29, 1.82) is 0 Å². The van der Waals surface area contributed by atoms with Crippen molar-refractivity contribution in [3.05, 3.63) is 42.5 Å². The van der Waals surface area contributed by atoms with Crippen LogP contribution in [0.25, 0.3) is 0 Å². The number of para-hydroxylation sites is 2. The van der Waals surface area contributed by atoms with Gasteiger partial charge < -0.3 is 24.3 Å². The fourth-order valence-electron chi connectivity index (χ4n) is 3.28. The van der Waals surface area contributed by atoms with Gasteiger partial charge in [-0.3, -0.25) is 9.10 Å². The van der Waals surface area contributed by atoms with Gasteiger partial charge in [0.25, 0.3) is 0 Å². The van der Waals surface area contributed by atoms with Crippen LogP contribution in [-0.2, 0) is 14.8 Å². The molecule has 2 aromatic rings. The lowest BCUT2D eigenvalue weighted by Gasteiger charge is -2.31. The highest BCUT2D eigenvalue weighted by atomic mass is 32.2. The molecule has 0 radical (unpaired) electrons. The van der Waals surface area contributed by atoms with Crippen molar-refractivity contribution < 1.29 is 32.2 Å². The third-order valence-corrected chi connectivity index (χ3v) is 6.01. The zero-order valence-electron chi connectivity index (χ0n) is 17.8. The van der Waals surface area contributed by atoms with Crippen LogP contribution in [0.4, 0.5) is 5.69 Å². The minimum Gasteiger partial charge on any atom is -0.497 e. The maximum atomic E-state index is 12.9. The highest BCUT2D eigenvalue weighted by Crippen LogP contribution is 2.35. The second kappa shape index (κ2) is 9.34. The zero-order chi connectivity index (χ0) is 22.6. The molecule has 0 aromatic heterocycles. The molecule has 1 amide bonds. The van der Waals surface area contributed by atoms with E-state index in [2.05, 4.69) is 5.32 Å². The number of fused-ring (bicyclic) bond motifs is 1. The molecule has 1 N–H and O–H groups in total. The van der Waals surface area contributed by atoms with Crippen molar-refractivity contribution in [2.75, 3.05) is 37.9 Å². The van der Waals surface area contributed by atoms with Crippen molar-refractivity contribution in [3.63, 3.8) is 0 Å². The van der Waals surface area contributed by atoms with Gasteiger partial charge in [0.15, 0.2) is 11.5 Å². The molecule has 1 aliphatic rings. The van der Waals surface area contributed by atoms with Gasteiger partial charge >= 0.3 is 0 Å². The number of hydrogen-bond donors (Lipinski definition) is 1. The highest BCUT2D eigenvalue weighted by Gasteiger charge is 2.32. The first-order valence-corrected chi connectivity index (χ1v) is 11.5. The maximum absolute atomic E-state index is 12.9. The summed E-state index contributed by atoms with van der Waals surface area (Å²) in [5.41, 5.74) is 0.207. The second-order valence-corrected chi connectivity index (χ2v) is 8.87. The molecule has 0 fully saturated rings. The van der Waals surface area contributed by atoms with Crippen LogP contribution in [0.3, 0.4) is 0 Å². The lowest BCUT2D eigenvalue weighted by molar-refractivity contribution is -0.122. The number of sulfonamides is 1. The number of methoxy groups -OCH3 is 2. The Hall–Kier alpha value is -3.14. The predicted octanol–water partition coefficient (Wildman–Crippen LogP) is 1.81. The fraction of sp³-hybridized carbons (Fsp3) is 0.381. The normalized spacial score (nSPS) is 16.2. The molecule has 2 aromatic carbocycles. The van der Waals surface area contributed by atoms with Gasteiger partial charge in [-0.05, 0) is 31.2 Å². The number of nitrogens with zero attached hydrogens (tertiary/aromatic N) is 1. The van der Waals surface area contributed by atoms with Crippen molar-refractivity contribution in [2.45, 2.75) is 19.1 Å². The van der Waals surface area contributed by atoms with Crippen LogP contribution in [0.2, 0.25) is 0 Å². The molecule has 3 rings (SSSR count). The van der Waals surface area contributed by atoms with Crippen molar-refractivity contribution in [2.24, 2.45) is 0 Å². The summed E-state index contributed by atoms with van der Waals surface area (Å²) in [5.74, 6) is 1.49. The first kappa shape index (κ1) is 22.5. The van der Waals surface area contributed by atoms with E-state index in [1.54, 1.807) is 24.3 Å². The Morgan fingerprint density at radius 2 is 1.90 bits per heavy atom.